The third-order valence-electron chi connectivity index (χ3n) is 4.10. The molecule has 0 radical (unpaired) electrons. The average molecular weight is 418 g/mol. The molecule has 1 unspecified atom stereocenters. The molecule has 0 spiro atoms. The number of benzene rings is 2. The van der Waals surface area contributed by atoms with Gasteiger partial charge in [-0.1, -0.05) is 28.6 Å². The van der Waals surface area contributed by atoms with Gasteiger partial charge in [0.05, 0.1) is 19.8 Å². The Labute approximate surface area is 161 Å². The van der Waals surface area contributed by atoms with Gasteiger partial charge in [0, 0.05) is 22.0 Å². The molecule has 1 aliphatic rings. The Morgan fingerprint density at radius 3 is 2.96 bits per heavy atom. The zero-order chi connectivity index (χ0) is 18.5. The van der Waals surface area contributed by atoms with Crippen LogP contribution in [0.3, 0.4) is 0 Å². The van der Waals surface area contributed by atoms with Gasteiger partial charge in [-0.2, -0.15) is 0 Å². The summed E-state index contributed by atoms with van der Waals surface area (Å²) in [7, 11) is 1.55. The summed E-state index contributed by atoms with van der Waals surface area (Å²) < 4.78 is 17.5. The number of halogens is 1. The van der Waals surface area contributed by atoms with E-state index in [-0.39, 0.29) is 11.9 Å². The van der Waals surface area contributed by atoms with E-state index in [1.54, 1.807) is 31.4 Å². The molecule has 0 fully saturated rings. The molecule has 1 atom stereocenters. The summed E-state index contributed by atoms with van der Waals surface area (Å²) >= 11 is 3.47. The number of rotatable bonds is 6. The third-order valence-corrected chi connectivity index (χ3v) is 4.59. The Morgan fingerprint density at radius 2 is 2.19 bits per heavy atom. The molecular weight excluding hydrogens is 398 g/mol. The normalized spacial score (nSPS) is 15.4. The zero-order valence-corrected chi connectivity index (χ0v) is 16.0. The SMILES string of the molecule is C=CCOc1ccc(C(=O)NC2CCOc3ccc(Br)cc32)cc1OC. The number of ether oxygens (including phenoxy) is 3. The Morgan fingerprint density at radius 1 is 1.35 bits per heavy atom. The van der Waals surface area contributed by atoms with Gasteiger partial charge < -0.3 is 19.5 Å². The summed E-state index contributed by atoms with van der Waals surface area (Å²) in [5, 5.41) is 3.08. The lowest BCUT2D eigenvalue weighted by Crippen LogP contribution is -2.32. The van der Waals surface area contributed by atoms with E-state index in [1.165, 1.54) is 0 Å². The molecule has 3 rings (SSSR count). The maximum Gasteiger partial charge on any atom is 0.251 e. The Kier molecular flexibility index (Phi) is 5.83. The molecule has 0 saturated heterocycles. The van der Waals surface area contributed by atoms with Gasteiger partial charge >= 0.3 is 0 Å². The second-order valence-electron chi connectivity index (χ2n) is 5.81. The Balaban J connectivity index is 1.79. The molecule has 1 heterocycles. The quantitative estimate of drug-likeness (QED) is 0.712. The number of nitrogens with one attached hydrogen (secondary N) is 1. The number of fused-ring (bicyclic) bond motifs is 1. The second kappa shape index (κ2) is 8.27. The summed E-state index contributed by atoms with van der Waals surface area (Å²) in [5.41, 5.74) is 1.48. The highest BCUT2D eigenvalue weighted by atomic mass is 79.9. The van der Waals surface area contributed by atoms with E-state index in [0.717, 1.165) is 15.8 Å². The van der Waals surface area contributed by atoms with E-state index in [1.807, 2.05) is 18.2 Å². The first-order valence-electron chi connectivity index (χ1n) is 8.27. The van der Waals surface area contributed by atoms with Gasteiger partial charge in [-0.05, 0) is 36.4 Å². The third kappa shape index (κ3) is 4.02. The Bertz CT molecular complexity index is 821. The molecule has 5 nitrogen and oxygen atoms in total. The smallest absolute Gasteiger partial charge is 0.251 e. The molecule has 1 amide bonds. The standard InChI is InChI=1S/C20H20BrNO4/c1-3-9-25-18-6-4-13(11-19(18)24-2)20(23)22-16-8-10-26-17-7-5-14(21)12-15(16)17/h3-7,11-12,16H,1,8-10H2,2H3,(H,22,23). The van der Waals surface area contributed by atoms with Crippen LogP contribution in [-0.2, 0) is 0 Å². The minimum Gasteiger partial charge on any atom is -0.493 e. The molecule has 0 bridgehead atoms. The van der Waals surface area contributed by atoms with Crippen molar-refractivity contribution in [1.29, 1.82) is 0 Å². The van der Waals surface area contributed by atoms with Crippen LogP contribution in [0.2, 0.25) is 0 Å². The predicted octanol–water partition coefficient (Wildman–Crippen LogP) is 4.28. The van der Waals surface area contributed by atoms with Gasteiger partial charge in [-0.3, -0.25) is 4.79 Å². The van der Waals surface area contributed by atoms with Crippen LogP contribution in [0.1, 0.15) is 28.4 Å². The van der Waals surface area contributed by atoms with Crippen LogP contribution in [0.25, 0.3) is 0 Å². The minimum atomic E-state index is -0.170. The number of hydrogen-bond acceptors (Lipinski definition) is 4. The minimum absolute atomic E-state index is 0.105. The van der Waals surface area contributed by atoms with E-state index in [2.05, 4.69) is 27.8 Å². The van der Waals surface area contributed by atoms with Crippen LogP contribution in [0.4, 0.5) is 0 Å². The van der Waals surface area contributed by atoms with E-state index in [9.17, 15) is 4.79 Å². The molecule has 0 saturated carbocycles. The number of carbonyl (C=O) groups is 1. The monoisotopic (exact) mass is 417 g/mol. The predicted molar refractivity (Wildman–Crippen MR) is 103 cm³/mol. The first kappa shape index (κ1) is 18.3. The van der Waals surface area contributed by atoms with Crippen molar-refractivity contribution in [2.75, 3.05) is 20.3 Å². The van der Waals surface area contributed by atoms with E-state index in [4.69, 9.17) is 14.2 Å². The van der Waals surface area contributed by atoms with Crippen molar-refractivity contribution >= 4 is 21.8 Å². The lowest BCUT2D eigenvalue weighted by atomic mass is 10.00. The second-order valence-corrected chi connectivity index (χ2v) is 6.73. The highest BCUT2D eigenvalue weighted by Gasteiger charge is 2.24. The number of methoxy groups -OCH3 is 1. The van der Waals surface area contributed by atoms with Gasteiger partial charge in [0.1, 0.15) is 12.4 Å². The fourth-order valence-corrected chi connectivity index (χ4v) is 3.21. The van der Waals surface area contributed by atoms with Crippen molar-refractivity contribution in [2.24, 2.45) is 0 Å². The van der Waals surface area contributed by atoms with Crippen molar-refractivity contribution < 1.29 is 19.0 Å². The fraction of sp³-hybridized carbons (Fsp3) is 0.250. The molecule has 0 aromatic heterocycles. The van der Waals surface area contributed by atoms with Gasteiger partial charge in [0.2, 0.25) is 0 Å². The maximum atomic E-state index is 12.7. The summed E-state index contributed by atoms with van der Waals surface area (Å²) in [4.78, 5) is 12.7. The largest absolute Gasteiger partial charge is 0.493 e. The van der Waals surface area contributed by atoms with Gasteiger partial charge in [-0.25, -0.2) is 0 Å². The van der Waals surface area contributed by atoms with Crippen LogP contribution in [0, 0.1) is 0 Å². The topological polar surface area (TPSA) is 56.8 Å². The average Bonchev–Trinajstić information content (AvgIpc) is 2.66. The molecular formula is C20H20BrNO4. The highest BCUT2D eigenvalue weighted by molar-refractivity contribution is 9.10. The summed E-state index contributed by atoms with van der Waals surface area (Å²) in [6, 6.07) is 10.8. The van der Waals surface area contributed by atoms with Crippen LogP contribution in [0.5, 0.6) is 17.2 Å². The number of hydrogen-bond donors (Lipinski definition) is 1. The van der Waals surface area contributed by atoms with Gasteiger partial charge in [-0.15, -0.1) is 0 Å². The van der Waals surface area contributed by atoms with Crippen molar-refractivity contribution in [3.05, 3.63) is 64.7 Å². The number of amides is 1. The van der Waals surface area contributed by atoms with Crippen LogP contribution < -0.4 is 19.5 Å². The zero-order valence-electron chi connectivity index (χ0n) is 14.5. The van der Waals surface area contributed by atoms with Crippen molar-refractivity contribution in [3.63, 3.8) is 0 Å². The molecule has 136 valence electrons. The molecule has 0 aliphatic carbocycles. The molecule has 2 aromatic carbocycles. The van der Waals surface area contributed by atoms with E-state index < -0.39 is 0 Å². The summed E-state index contributed by atoms with van der Waals surface area (Å²) in [6.07, 6.45) is 2.37. The highest BCUT2D eigenvalue weighted by Crippen LogP contribution is 2.34. The lowest BCUT2D eigenvalue weighted by Gasteiger charge is -2.27. The molecule has 26 heavy (non-hydrogen) atoms. The summed E-state index contributed by atoms with van der Waals surface area (Å²) in [6.45, 7) is 4.56. The molecule has 2 aromatic rings. The van der Waals surface area contributed by atoms with Crippen molar-refractivity contribution in [3.8, 4) is 17.2 Å². The summed E-state index contributed by atoms with van der Waals surface area (Å²) in [5.74, 6) is 1.71. The van der Waals surface area contributed by atoms with Crippen LogP contribution in [-0.4, -0.2) is 26.2 Å². The molecule has 1 N–H and O–H groups in total. The van der Waals surface area contributed by atoms with Crippen molar-refractivity contribution in [1.82, 2.24) is 5.32 Å². The van der Waals surface area contributed by atoms with Gasteiger partial charge in [0.15, 0.2) is 11.5 Å². The number of carbonyl (C=O) groups excluding carboxylic acids is 1. The molecule has 6 heteroatoms. The lowest BCUT2D eigenvalue weighted by molar-refractivity contribution is 0.0924. The molecule has 1 aliphatic heterocycles. The van der Waals surface area contributed by atoms with Crippen LogP contribution >= 0.6 is 15.9 Å². The first-order valence-corrected chi connectivity index (χ1v) is 9.06. The van der Waals surface area contributed by atoms with Crippen molar-refractivity contribution in [2.45, 2.75) is 12.5 Å². The van der Waals surface area contributed by atoms with E-state index in [0.29, 0.717) is 36.7 Å². The van der Waals surface area contributed by atoms with Gasteiger partial charge in [0.25, 0.3) is 5.91 Å². The first-order chi connectivity index (χ1) is 12.6. The van der Waals surface area contributed by atoms with Crippen LogP contribution in [0.15, 0.2) is 53.5 Å². The maximum absolute atomic E-state index is 12.7. The fourth-order valence-electron chi connectivity index (χ4n) is 2.83. The van der Waals surface area contributed by atoms with E-state index >= 15 is 0 Å². The Hall–Kier alpha value is -2.47.